The molecule has 0 unspecified atom stereocenters. The molecule has 0 saturated heterocycles. The largest absolute Gasteiger partial charge is 2.00 e. The number of unbranched alkanes of at least 4 members (excludes halogenated alkanes) is 2. The van der Waals surface area contributed by atoms with Gasteiger partial charge in [0.25, 0.3) is 0 Å². The summed E-state index contributed by atoms with van der Waals surface area (Å²) in [5, 5.41) is 0. The van der Waals surface area contributed by atoms with Gasteiger partial charge in [0.15, 0.2) is 0 Å². The Labute approximate surface area is 131 Å². The molecule has 0 fully saturated rings. The molecule has 1 rings (SSSR count). The first-order valence-corrected chi connectivity index (χ1v) is 6.60. The zero-order chi connectivity index (χ0) is 12.1. The van der Waals surface area contributed by atoms with Crippen molar-refractivity contribution in [3.63, 3.8) is 0 Å². The molecular formula is C13H24S2Sn. The van der Waals surface area contributed by atoms with E-state index in [1.165, 1.54) is 19.3 Å². The predicted octanol–water partition coefficient (Wildman–Crippen LogP) is 4.34. The predicted molar refractivity (Wildman–Crippen MR) is 81.9 cm³/mol. The molecule has 0 aromatic heterocycles. The van der Waals surface area contributed by atoms with Crippen molar-refractivity contribution in [3.8, 4) is 0 Å². The van der Waals surface area contributed by atoms with Gasteiger partial charge in [0.05, 0.1) is 0 Å². The first-order valence-electron chi connectivity index (χ1n) is 5.78. The van der Waals surface area contributed by atoms with E-state index in [2.05, 4.69) is 27.7 Å². The standard InChI is InChI=1S/C5H8S2.2C4H9.Sn/c6-4-2-1-3-5(4)7;2*1-3-4-2;/h6-7H,1-3H2;2*1,3-4H2,2H3;/q;;;+2/p-2. The van der Waals surface area contributed by atoms with Crippen molar-refractivity contribution in [2.45, 2.75) is 58.8 Å². The molecule has 0 amide bonds. The van der Waals surface area contributed by atoms with Crippen LogP contribution in [0.25, 0.3) is 0 Å². The van der Waals surface area contributed by atoms with Crippen LogP contribution in [0.2, 0.25) is 0 Å². The van der Waals surface area contributed by atoms with Crippen LogP contribution in [0.15, 0.2) is 9.81 Å². The number of hydrogen-bond acceptors (Lipinski definition) is 2. The van der Waals surface area contributed by atoms with Gasteiger partial charge in [0, 0.05) is 0 Å². The van der Waals surface area contributed by atoms with Crippen LogP contribution in [0.3, 0.4) is 0 Å². The zero-order valence-corrected chi connectivity index (χ0v) is 15.2. The molecule has 4 radical (unpaired) electrons. The van der Waals surface area contributed by atoms with E-state index in [1.54, 1.807) is 0 Å². The Hall–Kier alpha value is 0.979. The topological polar surface area (TPSA) is 0 Å². The summed E-state index contributed by atoms with van der Waals surface area (Å²) in [6, 6.07) is 0. The average Bonchev–Trinajstić information content (AvgIpc) is 2.64. The molecule has 0 aromatic carbocycles. The Morgan fingerprint density at radius 3 is 1.25 bits per heavy atom. The van der Waals surface area contributed by atoms with Gasteiger partial charge in [-0.15, -0.1) is 0 Å². The van der Waals surface area contributed by atoms with E-state index in [0.717, 1.165) is 35.5 Å². The Morgan fingerprint density at radius 1 is 0.938 bits per heavy atom. The molecule has 0 heterocycles. The third kappa shape index (κ3) is 17.4. The van der Waals surface area contributed by atoms with Gasteiger partial charge in [0.2, 0.25) is 0 Å². The molecule has 0 aromatic rings. The van der Waals surface area contributed by atoms with Gasteiger partial charge in [-0.05, 0) is 6.42 Å². The monoisotopic (exact) mass is 364 g/mol. The van der Waals surface area contributed by atoms with Gasteiger partial charge in [-0.3, -0.25) is 0 Å². The Morgan fingerprint density at radius 2 is 1.19 bits per heavy atom. The minimum absolute atomic E-state index is 0. The van der Waals surface area contributed by atoms with Crippen molar-refractivity contribution in [2.75, 3.05) is 0 Å². The first-order chi connectivity index (χ1) is 7.13. The van der Waals surface area contributed by atoms with Crippen LogP contribution < -0.4 is 0 Å². The molecule has 0 saturated carbocycles. The van der Waals surface area contributed by atoms with E-state index >= 15 is 0 Å². The summed E-state index contributed by atoms with van der Waals surface area (Å²) in [6.07, 6.45) is 7.88. The van der Waals surface area contributed by atoms with E-state index < -0.39 is 0 Å². The van der Waals surface area contributed by atoms with Crippen molar-refractivity contribution in [1.82, 2.24) is 0 Å². The van der Waals surface area contributed by atoms with Crippen molar-refractivity contribution < 1.29 is 0 Å². The molecule has 0 atom stereocenters. The Bertz CT molecular complexity index is 136. The van der Waals surface area contributed by atoms with Crippen molar-refractivity contribution in [2.24, 2.45) is 0 Å². The van der Waals surface area contributed by atoms with E-state index in [4.69, 9.17) is 25.3 Å². The third-order valence-electron chi connectivity index (χ3n) is 1.83. The summed E-state index contributed by atoms with van der Waals surface area (Å²) in [7, 11) is 0. The molecule has 1 aliphatic carbocycles. The van der Waals surface area contributed by atoms with Gasteiger partial charge in [-0.1, -0.05) is 66.2 Å². The maximum atomic E-state index is 4.90. The second kappa shape index (κ2) is 18.3. The summed E-state index contributed by atoms with van der Waals surface area (Å²) >= 11 is 9.80. The van der Waals surface area contributed by atoms with Crippen LogP contribution in [0, 0.1) is 13.8 Å². The van der Waals surface area contributed by atoms with Gasteiger partial charge in [0.1, 0.15) is 0 Å². The van der Waals surface area contributed by atoms with Gasteiger partial charge in [-0.25, -0.2) is 9.81 Å². The second-order valence-corrected chi connectivity index (χ2v) is 4.39. The van der Waals surface area contributed by atoms with E-state index in [9.17, 15) is 0 Å². The van der Waals surface area contributed by atoms with Gasteiger partial charge >= 0.3 is 23.9 Å². The summed E-state index contributed by atoms with van der Waals surface area (Å²) in [4.78, 5) is 2.05. The molecule has 1 aliphatic rings. The maximum Gasteiger partial charge on any atom is 2.00 e. The van der Waals surface area contributed by atoms with Crippen molar-refractivity contribution in [3.05, 3.63) is 23.7 Å². The molecule has 0 aliphatic heterocycles. The van der Waals surface area contributed by atoms with E-state index in [1.807, 2.05) is 0 Å². The summed E-state index contributed by atoms with van der Waals surface area (Å²) in [5.41, 5.74) is 0. The molecule has 0 bridgehead atoms. The molecule has 16 heavy (non-hydrogen) atoms. The molecular weight excluding hydrogens is 339 g/mol. The van der Waals surface area contributed by atoms with Crippen LogP contribution >= 0.6 is 0 Å². The average molecular weight is 363 g/mol. The first kappa shape index (κ1) is 22.2. The Balaban J connectivity index is -0.000000166. The fraction of sp³-hybridized carbons (Fsp3) is 0.692. The minimum Gasteiger partial charge on any atom is -0.786 e. The molecule has 0 spiro atoms. The number of hydrogen-bond donors (Lipinski definition) is 0. The second-order valence-electron chi connectivity index (χ2n) is 3.41. The summed E-state index contributed by atoms with van der Waals surface area (Å²) < 4.78 is 0. The van der Waals surface area contributed by atoms with Crippen LogP contribution in [0.1, 0.15) is 58.8 Å². The SMILES string of the molecule is [CH2]CCC.[CH2]CCC.[S-]C1=C([S-])CCC1.[Sn+2]. The molecule has 92 valence electrons. The van der Waals surface area contributed by atoms with Crippen LogP contribution in [-0.2, 0) is 25.3 Å². The van der Waals surface area contributed by atoms with E-state index in [0.29, 0.717) is 0 Å². The number of allylic oxidation sites excluding steroid dienone is 2. The fourth-order valence-electron chi connectivity index (χ4n) is 0.688. The van der Waals surface area contributed by atoms with Gasteiger partial charge in [-0.2, -0.15) is 0 Å². The normalized spacial score (nSPS) is 13.0. The van der Waals surface area contributed by atoms with Crippen molar-refractivity contribution in [1.29, 1.82) is 0 Å². The van der Waals surface area contributed by atoms with Crippen molar-refractivity contribution >= 4 is 49.2 Å². The fourth-order valence-corrected chi connectivity index (χ4v) is 1.18. The number of rotatable bonds is 2. The quantitative estimate of drug-likeness (QED) is 0.529. The summed E-state index contributed by atoms with van der Waals surface area (Å²) in [5.74, 6) is 0. The van der Waals surface area contributed by atoms with Crippen LogP contribution in [-0.4, -0.2) is 23.9 Å². The third-order valence-corrected chi connectivity index (χ3v) is 2.86. The summed E-state index contributed by atoms with van der Waals surface area (Å²) in [6.45, 7) is 11.4. The maximum absolute atomic E-state index is 4.90. The van der Waals surface area contributed by atoms with E-state index in [-0.39, 0.29) is 23.9 Å². The Kier molecular flexibility index (Phi) is 25.4. The smallest absolute Gasteiger partial charge is 0.786 e. The molecule has 3 heteroatoms. The zero-order valence-electron chi connectivity index (χ0n) is 10.7. The molecule has 0 N–H and O–H groups in total. The van der Waals surface area contributed by atoms with Crippen LogP contribution in [0.4, 0.5) is 0 Å². The molecule has 0 nitrogen and oxygen atoms in total. The van der Waals surface area contributed by atoms with Crippen LogP contribution in [0.5, 0.6) is 0 Å². The van der Waals surface area contributed by atoms with Gasteiger partial charge < -0.3 is 25.3 Å². The minimum atomic E-state index is 0.